The highest BCUT2D eigenvalue weighted by molar-refractivity contribution is 6.36. The average molecular weight is 446 g/mol. The Morgan fingerprint density at radius 3 is 2.19 bits per heavy atom. The Morgan fingerprint density at radius 1 is 1.00 bits per heavy atom. The zero-order valence-electron chi connectivity index (χ0n) is 17.2. The van der Waals surface area contributed by atoms with Crippen LogP contribution >= 0.6 is 0 Å². The molecule has 32 heavy (non-hydrogen) atoms. The first kappa shape index (κ1) is 22.9. The fourth-order valence-electron chi connectivity index (χ4n) is 3.08. The molecule has 0 bridgehead atoms. The normalized spacial score (nSPS) is 14.1. The molecule has 2 amide bonds. The van der Waals surface area contributed by atoms with Crippen molar-refractivity contribution in [3.05, 3.63) is 72.4 Å². The molecule has 1 N–H and O–H groups in total. The minimum Gasteiger partial charge on any atom is -0.494 e. The number of hydrogen-bond acceptors (Lipinski definition) is 5. The summed E-state index contributed by atoms with van der Waals surface area (Å²) in [5.74, 6) is -0.837. The van der Waals surface area contributed by atoms with Crippen LogP contribution in [0, 0.1) is 0 Å². The van der Waals surface area contributed by atoms with Crippen molar-refractivity contribution in [3.63, 3.8) is 0 Å². The van der Waals surface area contributed by atoms with Crippen LogP contribution in [-0.4, -0.2) is 36.2 Å². The molecule has 0 aromatic heterocycles. The van der Waals surface area contributed by atoms with Crippen LogP contribution in [0.2, 0.25) is 0 Å². The molecule has 0 saturated heterocycles. The number of nitrogens with zero attached hydrogens (tertiary/aromatic N) is 1. The molecule has 3 rings (SSSR count). The Balaban J connectivity index is 1.92. The van der Waals surface area contributed by atoms with Crippen molar-refractivity contribution in [3.8, 4) is 11.5 Å². The molecule has 0 fully saturated rings. The number of nitrogens with one attached hydrogen (secondary N) is 1. The lowest BCUT2D eigenvalue weighted by atomic mass is 10.0. The third-order valence-electron chi connectivity index (χ3n) is 4.45. The van der Waals surface area contributed by atoms with Crippen molar-refractivity contribution in [2.24, 2.45) is 0 Å². The number of alkyl halides is 3. The number of carbonyl (C=O) groups is 2. The Bertz CT molecular complexity index is 1030. The summed E-state index contributed by atoms with van der Waals surface area (Å²) in [6.07, 6.45) is -2.53. The maximum Gasteiger partial charge on any atom is 0.573 e. The highest BCUT2D eigenvalue weighted by Crippen LogP contribution is 2.32. The zero-order valence-corrected chi connectivity index (χ0v) is 17.2. The van der Waals surface area contributed by atoms with Gasteiger partial charge in [-0.15, -0.1) is 19.8 Å². The van der Waals surface area contributed by atoms with Gasteiger partial charge in [0.15, 0.2) is 0 Å². The Hall–Kier alpha value is -3.75. The molecule has 9 heteroatoms. The first-order chi connectivity index (χ1) is 15.2. The Labute approximate surface area is 182 Å². The van der Waals surface area contributed by atoms with E-state index in [1.54, 1.807) is 24.3 Å². The number of ether oxygens (including phenoxy) is 2. The second-order valence-corrected chi connectivity index (χ2v) is 6.83. The monoisotopic (exact) mass is 446 g/mol. The molecule has 2 aromatic carbocycles. The Morgan fingerprint density at radius 2 is 1.62 bits per heavy atom. The fourth-order valence-corrected chi connectivity index (χ4v) is 3.08. The number of anilines is 1. The molecule has 0 spiro atoms. The van der Waals surface area contributed by atoms with Gasteiger partial charge in [0.05, 0.1) is 12.2 Å². The van der Waals surface area contributed by atoms with Crippen LogP contribution in [0.4, 0.5) is 18.9 Å². The lowest BCUT2D eigenvalue weighted by Gasteiger charge is -2.13. The van der Waals surface area contributed by atoms with Gasteiger partial charge in [-0.25, -0.2) is 0 Å². The van der Waals surface area contributed by atoms with Crippen LogP contribution < -0.4 is 14.8 Å². The van der Waals surface area contributed by atoms with Gasteiger partial charge >= 0.3 is 6.36 Å². The van der Waals surface area contributed by atoms with E-state index < -0.39 is 23.9 Å². The van der Waals surface area contributed by atoms with Gasteiger partial charge in [0, 0.05) is 12.2 Å². The molecule has 1 heterocycles. The highest BCUT2D eigenvalue weighted by atomic mass is 19.4. The van der Waals surface area contributed by atoms with Crippen LogP contribution in [0.25, 0.3) is 5.57 Å². The molecule has 0 atom stereocenters. The zero-order chi connectivity index (χ0) is 23.3. The van der Waals surface area contributed by atoms with E-state index in [4.69, 9.17) is 4.74 Å². The van der Waals surface area contributed by atoms with Crippen molar-refractivity contribution in [1.82, 2.24) is 4.90 Å². The summed E-state index contributed by atoms with van der Waals surface area (Å²) in [5.41, 5.74) is 0.980. The second-order valence-electron chi connectivity index (χ2n) is 6.83. The smallest absolute Gasteiger partial charge is 0.494 e. The van der Waals surface area contributed by atoms with Gasteiger partial charge in [0.1, 0.15) is 17.2 Å². The average Bonchev–Trinajstić information content (AvgIpc) is 2.97. The molecule has 2 aromatic rings. The predicted molar refractivity (Wildman–Crippen MR) is 113 cm³/mol. The molecule has 1 aliphatic rings. The van der Waals surface area contributed by atoms with Crippen LogP contribution in [0.15, 0.2) is 66.9 Å². The number of benzene rings is 2. The van der Waals surface area contributed by atoms with Crippen molar-refractivity contribution >= 4 is 23.1 Å². The van der Waals surface area contributed by atoms with Gasteiger partial charge in [-0.2, -0.15) is 0 Å². The fraction of sp³-hybridized carbons (Fsp3) is 0.217. The van der Waals surface area contributed by atoms with Gasteiger partial charge in [0.2, 0.25) is 0 Å². The third-order valence-corrected chi connectivity index (χ3v) is 4.45. The molecule has 168 valence electrons. The summed E-state index contributed by atoms with van der Waals surface area (Å²) in [6, 6.07) is 11.6. The lowest BCUT2D eigenvalue weighted by molar-refractivity contribution is -0.274. The maximum atomic E-state index is 13.0. The van der Waals surface area contributed by atoms with Crippen LogP contribution in [0.5, 0.6) is 11.5 Å². The molecule has 1 aliphatic heterocycles. The second kappa shape index (κ2) is 9.59. The standard InChI is InChI=1S/C23H21F3N2O4/c1-3-13-28-21(29)19(15-5-9-17(10-6-15)31-14-4-2)20(22(28)30)27-16-7-11-18(12-8-16)32-23(24,25)26/h3,5-12,27H,1,4,13-14H2,2H3. The van der Waals surface area contributed by atoms with Crippen LogP contribution in [-0.2, 0) is 9.59 Å². The molecule has 0 aliphatic carbocycles. The van der Waals surface area contributed by atoms with Crippen molar-refractivity contribution in [2.75, 3.05) is 18.5 Å². The Kier molecular flexibility index (Phi) is 6.87. The van der Waals surface area contributed by atoms with E-state index in [9.17, 15) is 22.8 Å². The number of hydrogen-bond donors (Lipinski definition) is 1. The minimum atomic E-state index is -4.81. The number of rotatable bonds is 9. The molecule has 0 unspecified atom stereocenters. The number of amides is 2. The predicted octanol–water partition coefficient (Wildman–Crippen LogP) is 4.75. The largest absolute Gasteiger partial charge is 0.573 e. The van der Waals surface area contributed by atoms with Gasteiger partial charge in [0.25, 0.3) is 11.8 Å². The first-order valence-corrected chi connectivity index (χ1v) is 9.81. The maximum absolute atomic E-state index is 13.0. The highest BCUT2D eigenvalue weighted by Gasteiger charge is 2.38. The van der Waals surface area contributed by atoms with E-state index in [0.29, 0.717) is 23.6 Å². The topological polar surface area (TPSA) is 67.9 Å². The van der Waals surface area contributed by atoms with Gasteiger partial charge in [-0.1, -0.05) is 25.1 Å². The number of halogens is 3. The molecule has 0 saturated carbocycles. The van der Waals surface area contributed by atoms with Crippen molar-refractivity contribution in [2.45, 2.75) is 19.7 Å². The summed E-state index contributed by atoms with van der Waals surface area (Å²) in [6.45, 7) is 6.12. The molecule has 6 nitrogen and oxygen atoms in total. The van der Waals surface area contributed by atoms with Gasteiger partial charge in [-0.05, 0) is 48.4 Å². The van der Waals surface area contributed by atoms with E-state index >= 15 is 0 Å². The van der Waals surface area contributed by atoms with Gasteiger partial charge in [-0.3, -0.25) is 14.5 Å². The summed E-state index contributed by atoms with van der Waals surface area (Å²) >= 11 is 0. The SMILES string of the molecule is C=CCN1C(=O)C(Nc2ccc(OC(F)(F)F)cc2)=C(c2ccc(OCCC)cc2)C1=O. The van der Waals surface area contributed by atoms with E-state index in [2.05, 4.69) is 16.6 Å². The summed E-state index contributed by atoms with van der Waals surface area (Å²) in [5, 5.41) is 2.86. The lowest BCUT2D eigenvalue weighted by Crippen LogP contribution is -2.32. The van der Waals surface area contributed by atoms with Crippen LogP contribution in [0.3, 0.4) is 0 Å². The van der Waals surface area contributed by atoms with Crippen molar-refractivity contribution in [1.29, 1.82) is 0 Å². The van der Waals surface area contributed by atoms with E-state index in [1.165, 1.54) is 18.2 Å². The summed E-state index contributed by atoms with van der Waals surface area (Å²) in [7, 11) is 0. The summed E-state index contributed by atoms with van der Waals surface area (Å²) < 4.78 is 46.5. The quantitative estimate of drug-likeness (QED) is 0.445. The number of carbonyl (C=O) groups excluding carboxylic acids is 2. The van der Waals surface area contributed by atoms with Gasteiger partial charge < -0.3 is 14.8 Å². The van der Waals surface area contributed by atoms with Crippen LogP contribution in [0.1, 0.15) is 18.9 Å². The third kappa shape index (κ3) is 5.29. The molecule has 0 radical (unpaired) electrons. The van der Waals surface area contributed by atoms with E-state index in [0.717, 1.165) is 23.5 Å². The van der Waals surface area contributed by atoms with E-state index in [-0.39, 0.29) is 17.8 Å². The van der Waals surface area contributed by atoms with Crippen molar-refractivity contribution < 1.29 is 32.2 Å². The molecular formula is C23H21F3N2O4. The summed E-state index contributed by atoms with van der Waals surface area (Å²) in [4.78, 5) is 26.9. The number of imide groups is 1. The van der Waals surface area contributed by atoms with E-state index in [1.807, 2.05) is 6.92 Å². The minimum absolute atomic E-state index is 0.0163. The first-order valence-electron chi connectivity index (χ1n) is 9.81. The molecular weight excluding hydrogens is 425 g/mol.